The molecule has 0 bridgehead atoms. The van der Waals surface area contributed by atoms with Gasteiger partial charge in [0.25, 0.3) is 5.91 Å². The average Bonchev–Trinajstić information content (AvgIpc) is 2.91. The van der Waals surface area contributed by atoms with Crippen molar-refractivity contribution in [2.24, 2.45) is 0 Å². The molecule has 20 heavy (non-hydrogen) atoms. The molecule has 1 aromatic carbocycles. The smallest absolute Gasteiger partial charge is 0.273 e. The van der Waals surface area contributed by atoms with E-state index in [4.69, 9.17) is 27.7 Å². The van der Waals surface area contributed by atoms with E-state index in [1.807, 2.05) is 13.8 Å². The Kier molecular flexibility index (Phi) is 4.68. The van der Waals surface area contributed by atoms with Gasteiger partial charge in [-0.2, -0.15) is 0 Å². The fraction of sp³-hybridized carbons (Fsp3) is 0.286. The molecule has 0 saturated heterocycles. The lowest BCUT2D eigenvalue weighted by Gasteiger charge is -2.08. The van der Waals surface area contributed by atoms with Crippen molar-refractivity contribution < 1.29 is 9.32 Å². The van der Waals surface area contributed by atoms with Crippen LogP contribution in [-0.2, 0) is 0 Å². The monoisotopic (exact) mass is 312 g/mol. The molecule has 2 aromatic rings. The number of aromatic nitrogens is 1. The number of nitrogens with one attached hydrogen (secondary N) is 1. The number of hydrogen-bond acceptors (Lipinski definition) is 3. The van der Waals surface area contributed by atoms with Gasteiger partial charge in [-0.05, 0) is 31.5 Å². The first-order valence-corrected chi connectivity index (χ1v) is 7.00. The minimum atomic E-state index is -0.255. The number of amides is 1. The van der Waals surface area contributed by atoms with E-state index in [-0.39, 0.29) is 17.6 Å². The van der Waals surface area contributed by atoms with Gasteiger partial charge in [-0.3, -0.25) is 4.79 Å². The Labute approximate surface area is 127 Å². The lowest BCUT2D eigenvalue weighted by molar-refractivity contribution is 0.0930. The van der Waals surface area contributed by atoms with Crippen LogP contribution in [0.25, 0.3) is 11.3 Å². The van der Waals surface area contributed by atoms with Crippen molar-refractivity contribution >= 4 is 29.1 Å². The third-order valence-electron chi connectivity index (χ3n) is 2.94. The second-order valence-electron chi connectivity index (χ2n) is 4.49. The van der Waals surface area contributed by atoms with Crippen LogP contribution in [0.1, 0.15) is 30.8 Å². The van der Waals surface area contributed by atoms with E-state index < -0.39 is 0 Å². The number of hydrogen-bond donors (Lipinski definition) is 1. The molecule has 1 amide bonds. The Hall–Kier alpha value is -1.52. The highest BCUT2D eigenvalue weighted by atomic mass is 35.5. The Bertz CT molecular complexity index is 625. The Morgan fingerprint density at radius 1 is 1.35 bits per heavy atom. The quantitative estimate of drug-likeness (QED) is 0.921. The third-order valence-corrected chi connectivity index (χ3v) is 3.68. The summed E-state index contributed by atoms with van der Waals surface area (Å²) in [5, 5.41) is 7.48. The van der Waals surface area contributed by atoms with Crippen LogP contribution in [0.2, 0.25) is 10.0 Å². The van der Waals surface area contributed by atoms with Crippen molar-refractivity contribution in [2.45, 2.75) is 26.3 Å². The van der Waals surface area contributed by atoms with Crippen molar-refractivity contribution in [3.63, 3.8) is 0 Å². The highest BCUT2D eigenvalue weighted by molar-refractivity contribution is 6.42. The number of benzene rings is 1. The molecule has 106 valence electrons. The van der Waals surface area contributed by atoms with Gasteiger partial charge < -0.3 is 9.84 Å². The SMILES string of the molecule is CC[C@@H](C)NC(=O)c1cc(-c2ccc(Cl)c(Cl)c2)on1. The van der Waals surface area contributed by atoms with Crippen molar-refractivity contribution in [3.8, 4) is 11.3 Å². The number of nitrogens with zero attached hydrogens (tertiary/aromatic N) is 1. The Morgan fingerprint density at radius 2 is 2.10 bits per heavy atom. The number of carbonyl (C=O) groups excluding carboxylic acids is 1. The molecular formula is C14H14Cl2N2O2. The molecule has 0 saturated carbocycles. The normalized spacial score (nSPS) is 12.2. The molecule has 0 aliphatic carbocycles. The van der Waals surface area contributed by atoms with Crippen LogP contribution in [0.3, 0.4) is 0 Å². The second kappa shape index (κ2) is 6.29. The molecule has 4 nitrogen and oxygen atoms in total. The molecule has 1 N–H and O–H groups in total. The summed E-state index contributed by atoms with van der Waals surface area (Å²) in [6.45, 7) is 3.92. The van der Waals surface area contributed by atoms with Crippen molar-refractivity contribution in [3.05, 3.63) is 40.0 Å². The maximum Gasteiger partial charge on any atom is 0.273 e. The topological polar surface area (TPSA) is 55.1 Å². The third kappa shape index (κ3) is 3.32. The van der Waals surface area contributed by atoms with Crippen LogP contribution >= 0.6 is 23.2 Å². The predicted molar refractivity (Wildman–Crippen MR) is 79.2 cm³/mol. The average molecular weight is 313 g/mol. The lowest BCUT2D eigenvalue weighted by atomic mass is 10.1. The number of halogens is 2. The largest absolute Gasteiger partial charge is 0.355 e. The molecule has 0 aliphatic heterocycles. The summed E-state index contributed by atoms with van der Waals surface area (Å²) in [7, 11) is 0. The van der Waals surface area contributed by atoms with Gasteiger partial charge in [0.1, 0.15) is 0 Å². The molecule has 0 spiro atoms. The van der Waals surface area contributed by atoms with Gasteiger partial charge in [0.15, 0.2) is 11.5 Å². The zero-order valence-electron chi connectivity index (χ0n) is 11.1. The molecule has 0 unspecified atom stereocenters. The van der Waals surface area contributed by atoms with Gasteiger partial charge >= 0.3 is 0 Å². The number of carbonyl (C=O) groups is 1. The molecule has 1 heterocycles. The molecule has 0 aliphatic rings. The summed E-state index contributed by atoms with van der Waals surface area (Å²) in [6, 6.07) is 6.76. The highest BCUT2D eigenvalue weighted by Crippen LogP contribution is 2.28. The van der Waals surface area contributed by atoms with Gasteiger partial charge in [-0.1, -0.05) is 35.3 Å². The standard InChI is InChI=1S/C14H14Cl2N2O2/c1-3-8(2)17-14(19)12-7-13(20-18-12)9-4-5-10(15)11(16)6-9/h4-8H,3H2,1-2H3,(H,17,19)/t8-/m1/s1. The molecule has 1 atom stereocenters. The molecule has 2 rings (SSSR count). The van der Waals surface area contributed by atoms with Crippen molar-refractivity contribution in [1.82, 2.24) is 10.5 Å². The van der Waals surface area contributed by atoms with Gasteiger partial charge in [0.05, 0.1) is 10.0 Å². The summed E-state index contributed by atoms with van der Waals surface area (Å²) in [5.74, 6) is 0.215. The summed E-state index contributed by atoms with van der Waals surface area (Å²) in [4.78, 5) is 11.9. The van der Waals surface area contributed by atoms with Gasteiger partial charge in [0, 0.05) is 17.7 Å². The van der Waals surface area contributed by atoms with Gasteiger partial charge in [-0.25, -0.2) is 0 Å². The van der Waals surface area contributed by atoms with Crippen LogP contribution in [0, 0.1) is 0 Å². The Morgan fingerprint density at radius 3 is 2.75 bits per heavy atom. The summed E-state index contributed by atoms with van der Waals surface area (Å²) < 4.78 is 5.17. The fourth-order valence-corrected chi connectivity index (χ4v) is 1.87. The number of rotatable bonds is 4. The predicted octanol–water partition coefficient (Wildman–Crippen LogP) is 4.18. The van der Waals surface area contributed by atoms with Gasteiger partial charge in [-0.15, -0.1) is 0 Å². The van der Waals surface area contributed by atoms with Crippen molar-refractivity contribution in [1.29, 1.82) is 0 Å². The van der Waals surface area contributed by atoms with E-state index in [2.05, 4.69) is 10.5 Å². The van der Waals surface area contributed by atoms with E-state index >= 15 is 0 Å². The van der Waals surface area contributed by atoms with Crippen molar-refractivity contribution in [2.75, 3.05) is 0 Å². The minimum Gasteiger partial charge on any atom is -0.355 e. The minimum absolute atomic E-state index is 0.0904. The van der Waals surface area contributed by atoms with Crippen LogP contribution in [-0.4, -0.2) is 17.1 Å². The summed E-state index contributed by atoms with van der Waals surface area (Å²) >= 11 is 11.8. The zero-order chi connectivity index (χ0) is 14.7. The van der Waals surface area contributed by atoms with E-state index in [0.29, 0.717) is 15.8 Å². The molecule has 0 fully saturated rings. The summed E-state index contributed by atoms with van der Waals surface area (Å²) in [5.41, 5.74) is 0.959. The highest BCUT2D eigenvalue weighted by Gasteiger charge is 2.15. The first-order valence-electron chi connectivity index (χ1n) is 6.24. The van der Waals surface area contributed by atoms with Crippen LogP contribution in [0.5, 0.6) is 0 Å². The van der Waals surface area contributed by atoms with E-state index in [0.717, 1.165) is 12.0 Å². The van der Waals surface area contributed by atoms with E-state index in [9.17, 15) is 4.79 Å². The van der Waals surface area contributed by atoms with Crippen LogP contribution < -0.4 is 5.32 Å². The van der Waals surface area contributed by atoms with Crippen LogP contribution in [0.4, 0.5) is 0 Å². The zero-order valence-corrected chi connectivity index (χ0v) is 12.6. The Balaban J connectivity index is 2.20. The first-order chi connectivity index (χ1) is 9.51. The second-order valence-corrected chi connectivity index (χ2v) is 5.30. The van der Waals surface area contributed by atoms with Gasteiger partial charge in [0.2, 0.25) is 0 Å². The fourth-order valence-electron chi connectivity index (χ4n) is 1.57. The van der Waals surface area contributed by atoms with Crippen LogP contribution in [0.15, 0.2) is 28.8 Å². The van der Waals surface area contributed by atoms with E-state index in [1.54, 1.807) is 24.3 Å². The first kappa shape index (κ1) is 14.9. The summed E-state index contributed by atoms with van der Waals surface area (Å²) in [6.07, 6.45) is 0.850. The van der Waals surface area contributed by atoms with E-state index in [1.165, 1.54) is 0 Å². The molecule has 0 radical (unpaired) electrons. The molecular weight excluding hydrogens is 299 g/mol. The maximum absolute atomic E-state index is 11.9. The lowest BCUT2D eigenvalue weighted by Crippen LogP contribution is -2.32. The molecule has 1 aromatic heterocycles. The molecule has 6 heteroatoms. The maximum atomic E-state index is 11.9.